The lowest BCUT2D eigenvalue weighted by Crippen LogP contribution is -2.30. The van der Waals surface area contributed by atoms with Crippen LogP contribution in [0.3, 0.4) is 0 Å². The first kappa shape index (κ1) is 20.5. The standard InChI is InChI=1S/C25H23NO5/c1-4-30-18-10-8-17(9-11-18)23(27)21-22(20-6-5-13-31-20)26(25(29)24(21)28)19-12-7-15(2)14-16(19)3/h5-14,22,27H,4H2,1-3H3/b23-21-. The molecule has 3 aromatic rings. The van der Waals surface area contributed by atoms with Crippen LogP contribution in [0.15, 0.2) is 70.9 Å². The Morgan fingerprint density at radius 2 is 1.84 bits per heavy atom. The van der Waals surface area contributed by atoms with Crippen LogP contribution in [0.1, 0.15) is 35.4 Å². The molecule has 4 rings (SSSR count). The number of carbonyl (C=O) groups excluding carboxylic acids is 2. The van der Waals surface area contributed by atoms with Gasteiger partial charge in [-0.3, -0.25) is 14.5 Å². The molecular formula is C25H23NO5. The normalized spacial score (nSPS) is 17.9. The molecular weight excluding hydrogens is 394 g/mol. The number of rotatable bonds is 5. The lowest BCUT2D eigenvalue weighted by atomic mass is 9.98. The molecule has 2 heterocycles. The number of anilines is 1. The summed E-state index contributed by atoms with van der Waals surface area (Å²) in [6.45, 7) is 6.24. The van der Waals surface area contributed by atoms with Crippen molar-refractivity contribution in [2.45, 2.75) is 26.8 Å². The van der Waals surface area contributed by atoms with Gasteiger partial charge in [-0.15, -0.1) is 0 Å². The molecule has 1 atom stereocenters. The van der Waals surface area contributed by atoms with Crippen molar-refractivity contribution in [1.82, 2.24) is 0 Å². The average molecular weight is 417 g/mol. The van der Waals surface area contributed by atoms with Gasteiger partial charge in [0.15, 0.2) is 0 Å². The highest BCUT2D eigenvalue weighted by Gasteiger charge is 2.48. The molecule has 2 aromatic carbocycles. The van der Waals surface area contributed by atoms with Gasteiger partial charge in [-0.05, 0) is 68.8 Å². The van der Waals surface area contributed by atoms with E-state index < -0.39 is 17.7 Å². The number of carbonyl (C=O) groups is 2. The zero-order valence-electron chi connectivity index (χ0n) is 17.6. The van der Waals surface area contributed by atoms with E-state index in [0.29, 0.717) is 29.4 Å². The molecule has 31 heavy (non-hydrogen) atoms. The number of ether oxygens (including phenoxy) is 1. The zero-order chi connectivity index (χ0) is 22.1. The van der Waals surface area contributed by atoms with Crippen LogP contribution in [0.5, 0.6) is 5.75 Å². The number of benzene rings is 2. The fourth-order valence-electron chi connectivity index (χ4n) is 3.90. The number of amides is 1. The Balaban J connectivity index is 1.87. The topological polar surface area (TPSA) is 80.0 Å². The number of aryl methyl sites for hydroxylation is 2. The molecule has 1 unspecified atom stereocenters. The van der Waals surface area contributed by atoms with E-state index in [1.165, 1.54) is 11.2 Å². The minimum absolute atomic E-state index is 0.0101. The number of aliphatic hydroxyl groups is 1. The van der Waals surface area contributed by atoms with Crippen LogP contribution in [0.4, 0.5) is 5.69 Å². The largest absolute Gasteiger partial charge is 0.507 e. The van der Waals surface area contributed by atoms with E-state index in [1.54, 1.807) is 36.4 Å². The third kappa shape index (κ3) is 3.61. The summed E-state index contributed by atoms with van der Waals surface area (Å²) in [5.74, 6) is -0.673. The summed E-state index contributed by atoms with van der Waals surface area (Å²) in [5.41, 5.74) is 2.89. The SMILES string of the molecule is CCOc1ccc(/C(O)=C2/C(=O)C(=O)N(c3ccc(C)cc3C)C2c2ccco2)cc1. The molecule has 0 bridgehead atoms. The van der Waals surface area contributed by atoms with Crippen molar-refractivity contribution in [3.8, 4) is 5.75 Å². The second-order valence-electron chi connectivity index (χ2n) is 7.43. The third-order valence-corrected chi connectivity index (χ3v) is 5.31. The number of hydrogen-bond donors (Lipinski definition) is 1. The fraction of sp³-hybridized carbons (Fsp3) is 0.200. The maximum absolute atomic E-state index is 13.1. The first-order valence-corrected chi connectivity index (χ1v) is 10.1. The van der Waals surface area contributed by atoms with E-state index in [-0.39, 0.29) is 11.3 Å². The molecule has 1 aromatic heterocycles. The van der Waals surface area contributed by atoms with Crippen LogP contribution in [0, 0.1) is 13.8 Å². The first-order chi connectivity index (χ1) is 14.9. The Labute approximate surface area is 180 Å². The maximum Gasteiger partial charge on any atom is 0.300 e. The van der Waals surface area contributed by atoms with Crippen molar-refractivity contribution in [1.29, 1.82) is 0 Å². The quantitative estimate of drug-likeness (QED) is 0.362. The van der Waals surface area contributed by atoms with Crippen LogP contribution in [0.25, 0.3) is 5.76 Å². The van der Waals surface area contributed by atoms with Crippen LogP contribution >= 0.6 is 0 Å². The Morgan fingerprint density at radius 3 is 2.45 bits per heavy atom. The number of furan rings is 1. The predicted octanol–water partition coefficient (Wildman–Crippen LogP) is 4.92. The van der Waals surface area contributed by atoms with Gasteiger partial charge in [0.25, 0.3) is 11.7 Å². The first-order valence-electron chi connectivity index (χ1n) is 10.1. The summed E-state index contributed by atoms with van der Waals surface area (Å²) in [6.07, 6.45) is 1.48. The van der Waals surface area contributed by atoms with Gasteiger partial charge in [0, 0.05) is 11.3 Å². The number of nitrogens with zero attached hydrogens (tertiary/aromatic N) is 1. The molecule has 0 aliphatic carbocycles. The van der Waals surface area contributed by atoms with Gasteiger partial charge in [-0.2, -0.15) is 0 Å². The van der Waals surface area contributed by atoms with Crippen molar-refractivity contribution in [2.24, 2.45) is 0 Å². The van der Waals surface area contributed by atoms with E-state index in [1.807, 2.05) is 39.0 Å². The van der Waals surface area contributed by atoms with E-state index in [9.17, 15) is 14.7 Å². The number of aliphatic hydroxyl groups excluding tert-OH is 1. The van der Waals surface area contributed by atoms with Crippen molar-refractivity contribution in [3.63, 3.8) is 0 Å². The zero-order valence-corrected chi connectivity index (χ0v) is 17.6. The summed E-state index contributed by atoms with van der Waals surface area (Å²) in [6, 6.07) is 14.9. The highest BCUT2D eigenvalue weighted by molar-refractivity contribution is 6.51. The van der Waals surface area contributed by atoms with Crippen LogP contribution in [-0.2, 0) is 9.59 Å². The molecule has 1 aliphatic rings. The van der Waals surface area contributed by atoms with Gasteiger partial charge in [0.1, 0.15) is 23.3 Å². The van der Waals surface area contributed by atoms with E-state index >= 15 is 0 Å². The molecule has 6 nitrogen and oxygen atoms in total. The van der Waals surface area contributed by atoms with Gasteiger partial charge in [0.2, 0.25) is 0 Å². The Morgan fingerprint density at radius 1 is 1.10 bits per heavy atom. The Kier molecular flexibility index (Phi) is 5.38. The number of ketones is 1. The van der Waals surface area contributed by atoms with E-state index in [0.717, 1.165) is 11.1 Å². The van der Waals surface area contributed by atoms with Gasteiger partial charge in [-0.1, -0.05) is 17.7 Å². The summed E-state index contributed by atoms with van der Waals surface area (Å²) < 4.78 is 11.0. The Bertz CT molecular complexity index is 1160. The highest BCUT2D eigenvalue weighted by atomic mass is 16.5. The smallest absolute Gasteiger partial charge is 0.300 e. The summed E-state index contributed by atoms with van der Waals surface area (Å²) in [4.78, 5) is 27.6. The second-order valence-corrected chi connectivity index (χ2v) is 7.43. The second kappa shape index (κ2) is 8.14. The molecule has 6 heteroatoms. The molecule has 0 saturated carbocycles. The molecule has 1 N–H and O–H groups in total. The van der Waals surface area contributed by atoms with Crippen molar-refractivity contribution < 1.29 is 23.8 Å². The third-order valence-electron chi connectivity index (χ3n) is 5.31. The van der Waals surface area contributed by atoms with E-state index in [2.05, 4.69) is 0 Å². The highest BCUT2D eigenvalue weighted by Crippen LogP contribution is 2.43. The fourth-order valence-corrected chi connectivity index (χ4v) is 3.90. The summed E-state index contributed by atoms with van der Waals surface area (Å²) in [7, 11) is 0. The minimum Gasteiger partial charge on any atom is -0.507 e. The number of hydrogen-bond acceptors (Lipinski definition) is 5. The Hall–Kier alpha value is -3.80. The molecule has 1 aliphatic heterocycles. The van der Waals surface area contributed by atoms with Gasteiger partial charge in [-0.25, -0.2) is 0 Å². The molecule has 0 spiro atoms. The molecule has 1 fully saturated rings. The summed E-state index contributed by atoms with van der Waals surface area (Å²) in [5, 5.41) is 11.1. The van der Waals surface area contributed by atoms with Gasteiger partial charge < -0.3 is 14.3 Å². The lowest BCUT2D eigenvalue weighted by molar-refractivity contribution is -0.132. The number of Topliss-reactive ketones (excluding diaryl/α,β-unsaturated/α-hetero) is 1. The molecule has 1 amide bonds. The molecule has 1 saturated heterocycles. The predicted molar refractivity (Wildman–Crippen MR) is 117 cm³/mol. The van der Waals surface area contributed by atoms with Crippen LogP contribution in [0.2, 0.25) is 0 Å². The molecule has 0 radical (unpaired) electrons. The summed E-state index contributed by atoms with van der Waals surface area (Å²) >= 11 is 0. The average Bonchev–Trinajstić information content (AvgIpc) is 3.36. The van der Waals surface area contributed by atoms with Crippen molar-refractivity contribution in [2.75, 3.05) is 11.5 Å². The lowest BCUT2D eigenvalue weighted by Gasteiger charge is -2.25. The maximum atomic E-state index is 13.1. The minimum atomic E-state index is -0.872. The van der Waals surface area contributed by atoms with Crippen LogP contribution in [-0.4, -0.2) is 23.4 Å². The van der Waals surface area contributed by atoms with Crippen molar-refractivity contribution >= 4 is 23.1 Å². The molecule has 158 valence electrons. The van der Waals surface area contributed by atoms with Gasteiger partial charge >= 0.3 is 0 Å². The monoisotopic (exact) mass is 417 g/mol. The van der Waals surface area contributed by atoms with E-state index in [4.69, 9.17) is 9.15 Å². The van der Waals surface area contributed by atoms with Gasteiger partial charge in [0.05, 0.1) is 18.4 Å². The van der Waals surface area contributed by atoms with Crippen LogP contribution < -0.4 is 9.64 Å². The van der Waals surface area contributed by atoms with Crippen molar-refractivity contribution in [3.05, 3.63) is 88.9 Å².